The Hall–Kier alpha value is -2.37. The van der Waals surface area contributed by atoms with Gasteiger partial charge >= 0.3 is 0 Å². The average Bonchev–Trinajstić information content (AvgIpc) is 3.51. The highest BCUT2D eigenvalue weighted by Crippen LogP contribution is 2.53. The van der Waals surface area contributed by atoms with Crippen LogP contribution in [0.2, 0.25) is 0 Å². The molecule has 0 saturated carbocycles. The van der Waals surface area contributed by atoms with Crippen molar-refractivity contribution >= 4 is 34.8 Å². The molecule has 1 heterocycles. The fraction of sp³-hybridized carbons (Fsp3) is 0.130. The van der Waals surface area contributed by atoms with Gasteiger partial charge in [-0.15, -0.1) is 0 Å². The molecule has 0 amide bonds. The lowest BCUT2D eigenvalue weighted by Crippen LogP contribution is -2.03. The molecule has 0 atom stereocenters. The third-order valence-electron chi connectivity index (χ3n) is 5.06. The smallest absolute Gasteiger partial charge is 0.127 e. The summed E-state index contributed by atoms with van der Waals surface area (Å²) in [6, 6.07) is 26.3. The molecule has 1 nitrogen and oxygen atoms in total. The van der Waals surface area contributed by atoms with Crippen LogP contribution >= 0.6 is 7.92 Å². The van der Waals surface area contributed by atoms with Crippen LogP contribution in [0.25, 0.3) is 32.7 Å². The summed E-state index contributed by atoms with van der Waals surface area (Å²) < 4.78 is 5.82. The lowest BCUT2D eigenvalue weighted by atomic mass is 9.93. The Morgan fingerprint density at radius 1 is 0.680 bits per heavy atom. The minimum atomic E-state index is 0.00847. The highest BCUT2D eigenvalue weighted by Gasteiger charge is 2.28. The van der Waals surface area contributed by atoms with Crippen molar-refractivity contribution in [2.24, 2.45) is 0 Å². The Balaban J connectivity index is 1.96. The van der Waals surface area contributed by atoms with E-state index >= 15 is 0 Å². The second kappa shape index (κ2) is 5.86. The molecule has 1 aliphatic rings. The molecule has 0 spiro atoms. The fourth-order valence-corrected chi connectivity index (χ4v) is 5.47. The van der Waals surface area contributed by atoms with E-state index in [1.165, 1.54) is 50.3 Å². The number of fused-ring (bicyclic) bond motifs is 2. The number of rotatable bonds is 3. The molecule has 0 aromatic heterocycles. The van der Waals surface area contributed by atoms with Crippen molar-refractivity contribution in [3.8, 4) is 16.9 Å². The molecule has 2 heteroatoms. The van der Waals surface area contributed by atoms with E-state index < -0.39 is 0 Å². The summed E-state index contributed by atoms with van der Waals surface area (Å²) in [7, 11) is 1.79. The zero-order valence-corrected chi connectivity index (χ0v) is 15.1. The first-order valence-corrected chi connectivity index (χ1v) is 10.4. The van der Waals surface area contributed by atoms with Crippen LogP contribution in [0.3, 0.4) is 0 Å². The molecule has 4 aromatic rings. The Morgan fingerprint density at radius 3 is 1.92 bits per heavy atom. The second-order valence-corrected chi connectivity index (χ2v) is 8.99. The largest absolute Gasteiger partial charge is 0.496 e. The highest BCUT2D eigenvalue weighted by atomic mass is 31.1. The molecular formula is C23H19OP. The Kier molecular flexibility index (Phi) is 3.50. The van der Waals surface area contributed by atoms with Crippen molar-refractivity contribution in [1.82, 2.24) is 0 Å². The number of ether oxygens (including phenoxy) is 1. The first-order valence-electron chi connectivity index (χ1n) is 8.69. The second-order valence-electron chi connectivity index (χ2n) is 6.53. The van der Waals surface area contributed by atoms with Gasteiger partial charge in [0.15, 0.2) is 0 Å². The summed E-state index contributed by atoms with van der Waals surface area (Å²) in [4.78, 5) is 0. The molecule has 0 N–H and O–H groups in total. The molecule has 0 unspecified atom stereocenters. The van der Waals surface area contributed by atoms with Gasteiger partial charge < -0.3 is 4.74 Å². The van der Waals surface area contributed by atoms with E-state index in [4.69, 9.17) is 4.74 Å². The van der Waals surface area contributed by atoms with Crippen LogP contribution in [-0.2, 0) is 0 Å². The van der Waals surface area contributed by atoms with Crippen LogP contribution in [0.1, 0.15) is 0 Å². The van der Waals surface area contributed by atoms with Gasteiger partial charge in [-0.25, -0.2) is 0 Å². The molecule has 122 valence electrons. The van der Waals surface area contributed by atoms with Crippen molar-refractivity contribution in [3.63, 3.8) is 0 Å². The van der Waals surface area contributed by atoms with Crippen LogP contribution in [0.4, 0.5) is 0 Å². The zero-order valence-electron chi connectivity index (χ0n) is 14.2. The van der Waals surface area contributed by atoms with E-state index in [9.17, 15) is 0 Å². The van der Waals surface area contributed by atoms with E-state index in [1.807, 2.05) is 0 Å². The standard InChI is InChI=1S/C23H19OP/c1-24-20-12-10-16-6-2-4-8-18(16)22(20)23-19-9-5-3-7-17(19)11-13-21(23)25-14-15-25/h2-13H,14-15H2,1H3. The van der Waals surface area contributed by atoms with E-state index in [-0.39, 0.29) is 7.92 Å². The van der Waals surface area contributed by atoms with E-state index in [0.29, 0.717) is 0 Å². The minimum absolute atomic E-state index is 0.00847. The SMILES string of the molecule is COc1ccc2ccccc2c1-c1c(P2CC2)ccc2ccccc12. The maximum absolute atomic E-state index is 5.82. The third-order valence-corrected chi connectivity index (χ3v) is 7.00. The molecule has 25 heavy (non-hydrogen) atoms. The third kappa shape index (κ3) is 2.42. The number of hydrogen-bond acceptors (Lipinski definition) is 1. The van der Waals surface area contributed by atoms with E-state index in [0.717, 1.165) is 5.75 Å². The zero-order chi connectivity index (χ0) is 16.8. The van der Waals surface area contributed by atoms with Gasteiger partial charge in [0.05, 0.1) is 7.11 Å². The summed E-state index contributed by atoms with van der Waals surface area (Å²) in [5.41, 5.74) is 2.64. The summed E-state index contributed by atoms with van der Waals surface area (Å²) in [5, 5.41) is 6.71. The molecule has 0 bridgehead atoms. The Labute approximate surface area is 149 Å². The minimum Gasteiger partial charge on any atom is -0.496 e. The van der Waals surface area contributed by atoms with E-state index in [1.54, 1.807) is 7.11 Å². The monoisotopic (exact) mass is 342 g/mol. The molecule has 0 radical (unpaired) electrons. The van der Waals surface area contributed by atoms with Gasteiger partial charge in [-0.2, -0.15) is 0 Å². The average molecular weight is 342 g/mol. The van der Waals surface area contributed by atoms with Crippen LogP contribution in [0.5, 0.6) is 5.75 Å². The number of methoxy groups -OCH3 is 1. The fourth-order valence-electron chi connectivity index (χ4n) is 3.76. The number of hydrogen-bond donors (Lipinski definition) is 0. The normalized spacial score (nSPS) is 14.1. The van der Waals surface area contributed by atoms with Crippen LogP contribution in [0.15, 0.2) is 72.8 Å². The van der Waals surface area contributed by atoms with Crippen molar-refractivity contribution in [1.29, 1.82) is 0 Å². The predicted octanol–water partition coefficient (Wildman–Crippen LogP) is 5.79. The van der Waals surface area contributed by atoms with Gasteiger partial charge in [0, 0.05) is 11.1 Å². The summed E-state index contributed by atoms with van der Waals surface area (Å²) >= 11 is 0. The molecule has 0 aliphatic carbocycles. The first-order chi connectivity index (χ1) is 12.4. The van der Waals surface area contributed by atoms with Gasteiger partial charge in [-0.05, 0) is 45.2 Å². The molecule has 5 rings (SSSR count). The molecule has 1 fully saturated rings. The maximum atomic E-state index is 5.82. The van der Waals surface area contributed by atoms with Gasteiger partial charge in [-0.1, -0.05) is 74.7 Å². The quantitative estimate of drug-likeness (QED) is 0.428. The molecular weight excluding hydrogens is 323 g/mol. The Bertz CT molecular complexity index is 1100. The van der Waals surface area contributed by atoms with Gasteiger partial charge in [0.2, 0.25) is 0 Å². The maximum Gasteiger partial charge on any atom is 0.127 e. The van der Waals surface area contributed by atoms with E-state index in [2.05, 4.69) is 72.8 Å². The van der Waals surface area contributed by atoms with Crippen LogP contribution in [-0.4, -0.2) is 19.4 Å². The molecule has 4 aromatic carbocycles. The van der Waals surface area contributed by atoms with Crippen molar-refractivity contribution in [3.05, 3.63) is 72.8 Å². The lowest BCUT2D eigenvalue weighted by molar-refractivity contribution is 0.417. The first kappa shape index (κ1) is 14.9. The van der Waals surface area contributed by atoms with Crippen molar-refractivity contribution in [2.45, 2.75) is 0 Å². The lowest BCUT2D eigenvalue weighted by Gasteiger charge is -2.18. The topological polar surface area (TPSA) is 9.23 Å². The summed E-state index contributed by atoms with van der Waals surface area (Å²) in [6.45, 7) is 0. The highest BCUT2D eigenvalue weighted by molar-refractivity contribution is 7.73. The Morgan fingerprint density at radius 2 is 1.28 bits per heavy atom. The van der Waals surface area contributed by atoms with Gasteiger partial charge in [0.25, 0.3) is 0 Å². The molecule has 1 saturated heterocycles. The van der Waals surface area contributed by atoms with Gasteiger partial charge in [0.1, 0.15) is 5.75 Å². The number of benzene rings is 4. The van der Waals surface area contributed by atoms with Crippen molar-refractivity contribution < 1.29 is 4.74 Å². The van der Waals surface area contributed by atoms with Crippen molar-refractivity contribution in [2.75, 3.05) is 19.4 Å². The van der Waals surface area contributed by atoms with Gasteiger partial charge in [-0.3, -0.25) is 0 Å². The summed E-state index contributed by atoms with van der Waals surface area (Å²) in [6.07, 6.45) is 2.71. The van der Waals surface area contributed by atoms with Crippen LogP contribution in [0, 0.1) is 0 Å². The van der Waals surface area contributed by atoms with Crippen LogP contribution < -0.4 is 10.0 Å². The summed E-state index contributed by atoms with van der Waals surface area (Å²) in [5.74, 6) is 0.966. The predicted molar refractivity (Wildman–Crippen MR) is 110 cm³/mol. The molecule has 1 aliphatic heterocycles.